The summed E-state index contributed by atoms with van der Waals surface area (Å²) in [5.41, 5.74) is 2.15. The standard InChI is InChI=1S/C10H12BrN3/c1-3-12-10-13-8-6-7(11)4-5-9(8)14(10)2/h4-6H,3H2,1-2H3,(H,12,13). The number of rotatable bonds is 2. The molecule has 1 aromatic heterocycles. The van der Waals surface area contributed by atoms with Gasteiger partial charge in [0.25, 0.3) is 0 Å². The third-order valence-electron chi connectivity index (χ3n) is 2.18. The quantitative estimate of drug-likeness (QED) is 0.893. The van der Waals surface area contributed by atoms with Gasteiger partial charge in [-0.1, -0.05) is 15.9 Å². The number of aromatic nitrogens is 2. The highest BCUT2D eigenvalue weighted by molar-refractivity contribution is 9.10. The van der Waals surface area contributed by atoms with Crippen molar-refractivity contribution in [3.63, 3.8) is 0 Å². The Kier molecular flexibility index (Phi) is 2.46. The molecule has 0 radical (unpaired) electrons. The molecule has 3 nitrogen and oxygen atoms in total. The molecule has 0 spiro atoms. The molecular formula is C10H12BrN3. The maximum atomic E-state index is 4.48. The Morgan fingerprint density at radius 1 is 1.50 bits per heavy atom. The van der Waals surface area contributed by atoms with Crippen molar-refractivity contribution in [1.29, 1.82) is 0 Å². The molecule has 0 aliphatic rings. The van der Waals surface area contributed by atoms with Crippen LogP contribution in [0.3, 0.4) is 0 Å². The fourth-order valence-corrected chi connectivity index (χ4v) is 1.84. The van der Waals surface area contributed by atoms with Crippen molar-refractivity contribution >= 4 is 32.9 Å². The predicted molar refractivity (Wildman–Crippen MR) is 62.6 cm³/mol. The van der Waals surface area contributed by atoms with Crippen LogP contribution in [-0.4, -0.2) is 16.1 Å². The summed E-state index contributed by atoms with van der Waals surface area (Å²) in [6.45, 7) is 2.95. The van der Waals surface area contributed by atoms with E-state index in [1.165, 1.54) is 0 Å². The van der Waals surface area contributed by atoms with Crippen LogP contribution < -0.4 is 5.32 Å². The number of nitrogens with one attached hydrogen (secondary N) is 1. The fraction of sp³-hybridized carbons (Fsp3) is 0.300. The van der Waals surface area contributed by atoms with Gasteiger partial charge in [0.15, 0.2) is 0 Å². The topological polar surface area (TPSA) is 29.9 Å². The Balaban J connectivity index is 2.61. The number of aryl methyl sites for hydroxylation is 1. The van der Waals surface area contributed by atoms with Gasteiger partial charge in [0.1, 0.15) is 0 Å². The number of hydrogen-bond donors (Lipinski definition) is 1. The number of imidazole rings is 1. The molecule has 4 heteroatoms. The number of hydrogen-bond acceptors (Lipinski definition) is 2. The van der Waals surface area contributed by atoms with Crippen LogP contribution in [0.1, 0.15) is 6.92 Å². The molecule has 0 fully saturated rings. The van der Waals surface area contributed by atoms with E-state index in [1.54, 1.807) is 0 Å². The third-order valence-corrected chi connectivity index (χ3v) is 2.67. The zero-order valence-electron chi connectivity index (χ0n) is 8.21. The van der Waals surface area contributed by atoms with Crippen molar-refractivity contribution in [2.24, 2.45) is 7.05 Å². The van der Waals surface area contributed by atoms with Crippen LogP contribution in [0.15, 0.2) is 22.7 Å². The normalized spacial score (nSPS) is 10.8. The first-order valence-corrected chi connectivity index (χ1v) is 5.37. The lowest BCUT2D eigenvalue weighted by molar-refractivity contribution is 0.936. The number of benzene rings is 1. The molecule has 1 heterocycles. The van der Waals surface area contributed by atoms with Crippen LogP contribution in [0.2, 0.25) is 0 Å². The van der Waals surface area contributed by atoms with Gasteiger partial charge in [0, 0.05) is 18.1 Å². The molecule has 0 bridgehead atoms. The number of fused-ring (bicyclic) bond motifs is 1. The first-order chi connectivity index (χ1) is 6.72. The maximum Gasteiger partial charge on any atom is 0.203 e. The summed E-state index contributed by atoms with van der Waals surface area (Å²) in [6, 6.07) is 6.11. The van der Waals surface area contributed by atoms with Crippen molar-refractivity contribution < 1.29 is 0 Å². The predicted octanol–water partition coefficient (Wildman–Crippen LogP) is 2.77. The summed E-state index contributed by atoms with van der Waals surface area (Å²) in [6.07, 6.45) is 0. The molecule has 0 saturated carbocycles. The average Bonchev–Trinajstić information content (AvgIpc) is 2.44. The van der Waals surface area contributed by atoms with Gasteiger partial charge < -0.3 is 9.88 Å². The van der Waals surface area contributed by atoms with Crippen molar-refractivity contribution in [2.45, 2.75) is 6.92 Å². The van der Waals surface area contributed by atoms with E-state index in [9.17, 15) is 0 Å². The van der Waals surface area contributed by atoms with Crippen molar-refractivity contribution in [3.05, 3.63) is 22.7 Å². The van der Waals surface area contributed by atoms with Gasteiger partial charge in [-0.3, -0.25) is 0 Å². The molecule has 2 rings (SSSR count). The largest absolute Gasteiger partial charge is 0.356 e. The maximum absolute atomic E-state index is 4.48. The summed E-state index contributed by atoms with van der Waals surface area (Å²) >= 11 is 3.44. The van der Waals surface area contributed by atoms with Crippen molar-refractivity contribution in [2.75, 3.05) is 11.9 Å². The fourth-order valence-electron chi connectivity index (χ4n) is 1.49. The molecule has 0 saturated heterocycles. The van der Waals surface area contributed by atoms with Gasteiger partial charge in [-0.05, 0) is 25.1 Å². The molecular weight excluding hydrogens is 242 g/mol. The molecule has 14 heavy (non-hydrogen) atoms. The minimum absolute atomic E-state index is 0.887. The summed E-state index contributed by atoms with van der Waals surface area (Å²) in [5, 5.41) is 3.22. The summed E-state index contributed by atoms with van der Waals surface area (Å²) in [4.78, 5) is 4.48. The summed E-state index contributed by atoms with van der Waals surface area (Å²) in [7, 11) is 2.02. The van der Waals surface area contributed by atoms with E-state index in [4.69, 9.17) is 0 Å². The van der Waals surface area contributed by atoms with Crippen LogP contribution >= 0.6 is 15.9 Å². The highest BCUT2D eigenvalue weighted by atomic mass is 79.9. The molecule has 1 N–H and O–H groups in total. The van der Waals surface area contributed by atoms with Gasteiger partial charge in [-0.15, -0.1) is 0 Å². The van der Waals surface area contributed by atoms with E-state index in [1.807, 2.05) is 19.2 Å². The molecule has 0 aliphatic heterocycles. The summed E-state index contributed by atoms with van der Waals surface area (Å²) < 4.78 is 3.12. The second kappa shape index (κ2) is 3.61. The van der Waals surface area contributed by atoms with E-state index in [0.717, 1.165) is 28.0 Å². The number of anilines is 1. The lowest BCUT2D eigenvalue weighted by Gasteiger charge is -2.01. The molecule has 1 aromatic carbocycles. The third kappa shape index (κ3) is 1.50. The van der Waals surface area contributed by atoms with Crippen molar-refractivity contribution in [3.8, 4) is 0 Å². The van der Waals surface area contributed by atoms with Crippen LogP contribution in [0, 0.1) is 0 Å². The molecule has 0 atom stereocenters. The van der Waals surface area contributed by atoms with Gasteiger partial charge in [-0.25, -0.2) is 4.98 Å². The lowest BCUT2D eigenvalue weighted by atomic mass is 10.3. The second-order valence-corrected chi connectivity index (χ2v) is 4.07. The van der Waals surface area contributed by atoms with E-state index < -0.39 is 0 Å². The zero-order chi connectivity index (χ0) is 10.1. The van der Waals surface area contributed by atoms with Crippen LogP contribution in [0.25, 0.3) is 11.0 Å². The minimum Gasteiger partial charge on any atom is -0.356 e. The van der Waals surface area contributed by atoms with Gasteiger partial charge in [0.2, 0.25) is 5.95 Å². The van der Waals surface area contributed by atoms with E-state index in [0.29, 0.717) is 0 Å². The van der Waals surface area contributed by atoms with E-state index in [-0.39, 0.29) is 0 Å². The Morgan fingerprint density at radius 3 is 3.00 bits per heavy atom. The Labute approximate surface area is 91.3 Å². The smallest absolute Gasteiger partial charge is 0.203 e. The number of nitrogens with zero attached hydrogens (tertiary/aromatic N) is 2. The lowest BCUT2D eigenvalue weighted by Crippen LogP contribution is -2.03. The van der Waals surface area contributed by atoms with E-state index >= 15 is 0 Å². The van der Waals surface area contributed by atoms with Crippen LogP contribution in [0.5, 0.6) is 0 Å². The van der Waals surface area contributed by atoms with Gasteiger partial charge in [-0.2, -0.15) is 0 Å². The Hall–Kier alpha value is -1.03. The first-order valence-electron chi connectivity index (χ1n) is 4.58. The molecule has 2 aromatic rings. The highest BCUT2D eigenvalue weighted by Crippen LogP contribution is 2.21. The van der Waals surface area contributed by atoms with Crippen LogP contribution in [-0.2, 0) is 7.05 Å². The molecule has 0 unspecified atom stereocenters. The van der Waals surface area contributed by atoms with Crippen molar-refractivity contribution in [1.82, 2.24) is 9.55 Å². The molecule has 0 aliphatic carbocycles. The monoisotopic (exact) mass is 253 g/mol. The van der Waals surface area contributed by atoms with Gasteiger partial charge in [0.05, 0.1) is 11.0 Å². The first kappa shape index (κ1) is 9.52. The number of halogens is 1. The molecule has 0 amide bonds. The second-order valence-electron chi connectivity index (χ2n) is 3.16. The highest BCUT2D eigenvalue weighted by Gasteiger charge is 2.05. The Bertz CT molecular complexity index is 462. The van der Waals surface area contributed by atoms with Crippen LogP contribution in [0.4, 0.5) is 5.95 Å². The SMILES string of the molecule is CCNc1nc2cc(Br)ccc2n1C. The zero-order valence-corrected chi connectivity index (χ0v) is 9.80. The average molecular weight is 254 g/mol. The van der Waals surface area contributed by atoms with E-state index in [2.05, 4.69) is 43.8 Å². The summed E-state index contributed by atoms with van der Waals surface area (Å²) in [5.74, 6) is 0.917. The Morgan fingerprint density at radius 2 is 2.29 bits per heavy atom. The minimum atomic E-state index is 0.887. The van der Waals surface area contributed by atoms with Gasteiger partial charge >= 0.3 is 0 Å². The molecule has 74 valence electrons.